The number of nitrogens with one attached hydrogen (secondary N) is 2. The van der Waals surface area contributed by atoms with Crippen molar-refractivity contribution in [1.82, 2.24) is 10.2 Å². The third kappa shape index (κ3) is 6.19. The zero-order chi connectivity index (χ0) is 25.9. The molecule has 10 heteroatoms. The van der Waals surface area contributed by atoms with Crippen LogP contribution >= 0.6 is 0 Å². The van der Waals surface area contributed by atoms with Crippen LogP contribution in [0.5, 0.6) is 0 Å². The number of hydrogen-bond donors (Lipinski definition) is 2. The van der Waals surface area contributed by atoms with Gasteiger partial charge in [-0.1, -0.05) is 17.7 Å². The summed E-state index contributed by atoms with van der Waals surface area (Å²) in [6, 6.07) is 14.3. The summed E-state index contributed by atoms with van der Waals surface area (Å²) in [5.74, 6) is -1.97. The molecule has 1 amide bonds. The number of likely N-dealkylation sites (N-methyl/N-ethyl adjacent to an activating group) is 1. The molecule has 190 valence electrons. The number of halogens is 2. The third-order valence-electron chi connectivity index (χ3n) is 6.05. The Morgan fingerprint density at radius 2 is 1.56 bits per heavy atom. The number of carbonyl (C=O) groups is 1. The minimum atomic E-state index is -3.91. The fourth-order valence-electron chi connectivity index (χ4n) is 4.00. The lowest BCUT2D eigenvalue weighted by atomic mass is 10.1. The molecule has 0 aliphatic carbocycles. The van der Waals surface area contributed by atoms with Gasteiger partial charge in [-0.15, -0.1) is 0 Å². The summed E-state index contributed by atoms with van der Waals surface area (Å²) in [7, 11) is -1.89. The number of nitrogens with zero attached hydrogens (tertiary/aromatic N) is 2. The monoisotopic (exact) mass is 514 g/mol. The first-order valence-corrected chi connectivity index (χ1v) is 13.0. The molecule has 3 aromatic carbocycles. The molecular weight excluding hydrogens is 486 g/mol. The van der Waals surface area contributed by atoms with Crippen LogP contribution in [-0.2, 0) is 16.6 Å². The van der Waals surface area contributed by atoms with Crippen LogP contribution in [0.2, 0.25) is 0 Å². The van der Waals surface area contributed by atoms with Crippen LogP contribution in [0.25, 0.3) is 0 Å². The van der Waals surface area contributed by atoms with E-state index in [1.807, 2.05) is 14.0 Å². The smallest absolute Gasteiger partial charge is 0.261 e. The molecule has 1 aliphatic heterocycles. The van der Waals surface area contributed by atoms with Crippen LogP contribution in [0, 0.1) is 18.6 Å². The van der Waals surface area contributed by atoms with Gasteiger partial charge < -0.3 is 15.1 Å². The number of carbonyl (C=O) groups excluding carboxylic acids is 1. The number of hydrogen-bond acceptors (Lipinski definition) is 5. The molecule has 1 saturated heterocycles. The van der Waals surface area contributed by atoms with Crippen LogP contribution in [0.1, 0.15) is 21.5 Å². The maximum atomic E-state index is 13.5. The number of piperazine rings is 1. The van der Waals surface area contributed by atoms with Crippen molar-refractivity contribution in [2.24, 2.45) is 0 Å². The number of benzene rings is 3. The van der Waals surface area contributed by atoms with Gasteiger partial charge in [-0.05, 0) is 62.0 Å². The lowest BCUT2D eigenvalue weighted by molar-refractivity contribution is 0.0951. The second kappa shape index (κ2) is 10.6. The number of amides is 1. The Hall–Kier alpha value is -3.50. The molecule has 0 aromatic heterocycles. The molecule has 0 saturated carbocycles. The Morgan fingerprint density at radius 1 is 0.917 bits per heavy atom. The molecule has 2 N–H and O–H groups in total. The van der Waals surface area contributed by atoms with E-state index in [-0.39, 0.29) is 28.3 Å². The van der Waals surface area contributed by atoms with Crippen molar-refractivity contribution in [1.29, 1.82) is 0 Å². The van der Waals surface area contributed by atoms with Gasteiger partial charge in [-0.25, -0.2) is 17.2 Å². The van der Waals surface area contributed by atoms with Crippen molar-refractivity contribution in [3.63, 3.8) is 0 Å². The van der Waals surface area contributed by atoms with Gasteiger partial charge in [0.25, 0.3) is 15.9 Å². The lowest BCUT2D eigenvalue weighted by Crippen LogP contribution is -2.44. The number of anilines is 2. The van der Waals surface area contributed by atoms with Crippen LogP contribution in [0.3, 0.4) is 0 Å². The van der Waals surface area contributed by atoms with Gasteiger partial charge in [0.05, 0.1) is 16.3 Å². The largest absolute Gasteiger partial charge is 0.367 e. The molecule has 0 bridgehead atoms. The average molecular weight is 515 g/mol. The molecule has 1 fully saturated rings. The normalized spacial score (nSPS) is 14.5. The Bertz CT molecular complexity index is 1340. The SMILES string of the molecule is Cc1ccc(S(=O)(=O)Nc2cc(C(=O)NCc3cc(F)cc(F)c3)ccc2N2CCN(C)CC2)cc1. The predicted molar refractivity (Wildman–Crippen MR) is 136 cm³/mol. The van der Waals surface area contributed by atoms with Crippen molar-refractivity contribution >= 4 is 27.3 Å². The predicted octanol–water partition coefficient (Wildman–Crippen LogP) is 3.76. The van der Waals surface area contributed by atoms with Gasteiger partial charge in [-0.2, -0.15) is 0 Å². The van der Waals surface area contributed by atoms with Crippen LogP contribution in [0.4, 0.5) is 20.2 Å². The Balaban J connectivity index is 1.61. The number of aryl methyl sites for hydroxylation is 1. The van der Waals surface area contributed by atoms with Gasteiger partial charge in [0.1, 0.15) is 11.6 Å². The topological polar surface area (TPSA) is 81.7 Å². The minimum Gasteiger partial charge on any atom is -0.367 e. The van der Waals surface area contributed by atoms with E-state index in [9.17, 15) is 22.0 Å². The molecule has 0 spiro atoms. The minimum absolute atomic E-state index is 0.0852. The summed E-state index contributed by atoms with van der Waals surface area (Å²) >= 11 is 0. The quantitative estimate of drug-likeness (QED) is 0.502. The third-order valence-corrected chi connectivity index (χ3v) is 7.44. The van der Waals surface area contributed by atoms with Gasteiger partial charge >= 0.3 is 0 Å². The van der Waals surface area contributed by atoms with Crippen molar-refractivity contribution < 1.29 is 22.0 Å². The van der Waals surface area contributed by atoms with Gasteiger partial charge in [0.15, 0.2) is 0 Å². The van der Waals surface area contributed by atoms with Crippen LogP contribution < -0.4 is 14.9 Å². The summed E-state index contributed by atoms with van der Waals surface area (Å²) < 4.78 is 55.9. The number of rotatable bonds is 7. The second-order valence-electron chi connectivity index (χ2n) is 8.90. The van der Waals surface area contributed by atoms with E-state index < -0.39 is 27.6 Å². The molecule has 4 rings (SSSR count). The maximum Gasteiger partial charge on any atom is 0.261 e. The van der Waals surface area contributed by atoms with Crippen LogP contribution in [0.15, 0.2) is 65.6 Å². The Labute approximate surface area is 209 Å². The van der Waals surface area contributed by atoms with Gasteiger partial charge in [0, 0.05) is 44.4 Å². The summed E-state index contributed by atoms with van der Waals surface area (Å²) in [4.78, 5) is 17.2. The molecule has 0 unspecified atom stereocenters. The van der Waals surface area contributed by atoms with Gasteiger partial charge in [0.2, 0.25) is 0 Å². The molecule has 36 heavy (non-hydrogen) atoms. The van der Waals surface area contributed by atoms with Gasteiger partial charge in [-0.3, -0.25) is 9.52 Å². The van der Waals surface area contributed by atoms with E-state index in [0.717, 1.165) is 36.9 Å². The first-order valence-electron chi connectivity index (χ1n) is 11.5. The first kappa shape index (κ1) is 25.6. The van der Waals surface area contributed by atoms with E-state index in [1.165, 1.54) is 18.2 Å². The molecule has 0 radical (unpaired) electrons. The van der Waals surface area contributed by atoms with Crippen LogP contribution in [-0.4, -0.2) is 52.5 Å². The van der Waals surface area contributed by atoms with E-state index in [0.29, 0.717) is 18.8 Å². The molecular formula is C26H28F2N4O3S. The molecule has 1 aliphatic rings. The Kier molecular flexibility index (Phi) is 7.56. The molecule has 7 nitrogen and oxygen atoms in total. The fraction of sp³-hybridized carbons (Fsp3) is 0.269. The highest BCUT2D eigenvalue weighted by molar-refractivity contribution is 7.92. The zero-order valence-corrected chi connectivity index (χ0v) is 20.9. The summed E-state index contributed by atoms with van der Waals surface area (Å²) in [6.07, 6.45) is 0. The summed E-state index contributed by atoms with van der Waals surface area (Å²) in [5.41, 5.74) is 2.37. The number of sulfonamides is 1. The Morgan fingerprint density at radius 3 is 2.19 bits per heavy atom. The van der Waals surface area contributed by atoms with Crippen molar-refractivity contribution in [3.05, 3.63) is 89.0 Å². The summed E-state index contributed by atoms with van der Waals surface area (Å²) in [5, 5.41) is 2.63. The van der Waals surface area contributed by atoms with Crippen molar-refractivity contribution in [2.75, 3.05) is 42.8 Å². The molecule has 0 atom stereocenters. The lowest BCUT2D eigenvalue weighted by Gasteiger charge is -2.35. The highest BCUT2D eigenvalue weighted by atomic mass is 32.2. The zero-order valence-electron chi connectivity index (χ0n) is 20.1. The highest BCUT2D eigenvalue weighted by Gasteiger charge is 2.22. The van der Waals surface area contributed by atoms with E-state index in [1.54, 1.807) is 24.3 Å². The summed E-state index contributed by atoms with van der Waals surface area (Å²) in [6.45, 7) is 4.82. The molecule has 3 aromatic rings. The van der Waals surface area contributed by atoms with E-state index in [4.69, 9.17) is 0 Å². The molecule has 1 heterocycles. The second-order valence-corrected chi connectivity index (χ2v) is 10.6. The highest BCUT2D eigenvalue weighted by Crippen LogP contribution is 2.30. The van der Waals surface area contributed by atoms with E-state index >= 15 is 0 Å². The standard InChI is InChI=1S/C26H28F2N4O3S/c1-18-3-6-23(7-4-18)36(34,35)30-24-15-20(5-8-25(24)32-11-9-31(2)10-12-32)26(33)29-17-19-13-21(27)16-22(28)14-19/h3-8,13-16,30H,9-12,17H2,1-2H3,(H,29,33). The fourth-order valence-corrected chi connectivity index (χ4v) is 5.07. The first-order chi connectivity index (χ1) is 17.1. The van der Waals surface area contributed by atoms with E-state index in [2.05, 4.69) is 19.8 Å². The van der Waals surface area contributed by atoms with Crippen molar-refractivity contribution in [3.8, 4) is 0 Å². The maximum absolute atomic E-state index is 13.5. The van der Waals surface area contributed by atoms with Crippen molar-refractivity contribution in [2.45, 2.75) is 18.4 Å². The average Bonchev–Trinajstić information content (AvgIpc) is 2.82.